The van der Waals surface area contributed by atoms with Gasteiger partial charge in [0.1, 0.15) is 0 Å². The second kappa shape index (κ2) is 13.8. The Bertz CT molecular complexity index is 2360. The fourth-order valence-corrected chi connectivity index (χ4v) is 6.37. The predicted octanol–water partition coefficient (Wildman–Crippen LogP) is 12.8. The maximum absolute atomic E-state index is 5.51. The lowest BCUT2D eigenvalue weighted by Gasteiger charge is -2.17. The Morgan fingerprint density at radius 3 is 0.740 bits per heavy atom. The van der Waals surface area contributed by atoms with E-state index in [2.05, 4.69) is 176 Å². The molecule has 2 heteroatoms. The normalized spacial score (nSPS) is 10.9. The molecule has 0 bridgehead atoms. The fraction of sp³-hybridized carbons (Fsp3) is 0. The van der Waals surface area contributed by atoms with Gasteiger partial charge in [0, 0.05) is 22.3 Å². The number of benzene rings is 7. The largest absolute Gasteiger partial charge is 0.243 e. The summed E-state index contributed by atoms with van der Waals surface area (Å²) in [5, 5.41) is 0. The highest BCUT2D eigenvalue weighted by Gasteiger charge is 2.20. The number of hydrogen-bond acceptors (Lipinski definition) is 2. The van der Waals surface area contributed by atoms with Gasteiger partial charge in [-0.1, -0.05) is 201 Å². The number of rotatable bonds is 8. The van der Waals surface area contributed by atoms with Crippen molar-refractivity contribution < 1.29 is 0 Å². The molecule has 0 aliphatic carbocycles. The highest BCUT2D eigenvalue weighted by molar-refractivity contribution is 5.88. The summed E-state index contributed by atoms with van der Waals surface area (Å²) in [4.78, 5) is 11.0. The van der Waals surface area contributed by atoms with E-state index in [0.29, 0.717) is 0 Å². The third-order valence-electron chi connectivity index (χ3n) is 9.11. The van der Waals surface area contributed by atoms with Gasteiger partial charge in [-0.2, -0.15) is 0 Å². The van der Waals surface area contributed by atoms with Crippen LogP contribution in [0.15, 0.2) is 195 Å². The highest BCUT2D eigenvalue weighted by Crippen LogP contribution is 2.39. The van der Waals surface area contributed by atoms with Crippen molar-refractivity contribution in [2.75, 3.05) is 0 Å². The van der Waals surface area contributed by atoms with Crippen molar-refractivity contribution in [1.82, 2.24) is 9.97 Å². The Labute approximate surface area is 293 Å². The van der Waals surface area contributed by atoms with Gasteiger partial charge in [-0.15, -0.1) is 0 Å². The Morgan fingerprint density at radius 2 is 0.480 bits per heavy atom. The molecule has 0 aliphatic heterocycles. The molecule has 7 aromatic carbocycles. The molecular weight excluding hydrogens is 605 g/mol. The van der Waals surface area contributed by atoms with Crippen molar-refractivity contribution in [3.63, 3.8) is 0 Å². The van der Waals surface area contributed by atoms with E-state index in [4.69, 9.17) is 9.97 Å². The zero-order valence-corrected chi connectivity index (χ0v) is 27.6. The zero-order chi connectivity index (χ0) is 33.7. The quantitative estimate of drug-likeness (QED) is 0.165. The van der Waals surface area contributed by atoms with Gasteiger partial charge in [-0.05, 0) is 38.9 Å². The topological polar surface area (TPSA) is 25.8 Å². The zero-order valence-electron chi connectivity index (χ0n) is 27.6. The van der Waals surface area contributed by atoms with E-state index in [1.165, 1.54) is 16.7 Å². The summed E-state index contributed by atoms with van der Waals surface area (Å²) in [5.41, 5.74) is 15.4. The maximum Gasteiger partial charge on any atom is 0.0973 e. The first-order chi connectivity index (χ1) is 24.7. The van der Waals surface area contributed by atoms with Gasteiger partial charge in [0.15, 0.2) is 0 Å². The standard InChI is InChI=1S/C48H34N2/c1-2-34-18-20-41(21-19-34)45-46(42-28-22-38(23-29-42)35-12-6-3-7-13-35)50-48(44-32-26-40(27-33-44)37-16-10-5-11-17-37)47(49-45)43-30-24-39(25-31-43)36-14-8-4-9-15-36/h2-33H,1H2. The van der Waals surface area contributed by atoms with Crippen LogP contribution in [0, 0.1) is 0 Å². The van der Waals surface area contributed by atoms with Gasteiger partial charge in [0.25, 0.3) is 0 Å². The van der Waals surface area contributed by atoms with Crippen molar-refractivity contribution in [2.24, 2.45) is 0 Å². The molecule has 8 rings (SSSR count). The van der Waals surface area contributed by atoms with E-state index in [1.54, 1.807) is 0 Å². The van der Waals surface area contributed by atoms with Crippen molar-refractivity contribution in [2.45, 2.75) is 0 Å². The molecule has 0 unspecified atom stereocenters. The summed E-state index contributed by atoms with van der Waals surface area (Å²) in [7, 11) is 0. The van der Waals surface area contributed by atoms with Crippen molar-refractivity contribution in [3.05, 3.63) is 200 Å². The van der Waals surface area contributed by atoms with Gasteiger partial charge in [0.2, 0.25) is 0 Å². The lowest BCUT2D eigenvalue weighted by atomic mass is 9.96. The van der Waals surface area contributed by atoms with Crippen LogP contribution in [-0.2, 0) is 0 Å². The Kier molecular flexibility index (Phi) is 8.49. The van der Waals surface area contributed by atoms with Crippen LogP contribution in [0.2, 0.25) is 0 Å². The van der Waals surface area contributed by atoms with E-state index < -0.39 is 0 Å². The molecule has 0 amide bonds. The molecule has 0 aliphatic rings. The van der Waals surface area contributed by atoms with Crippen molar-refractivity contribution in [1.29, 1.82) is 0 Å². The van der Waals surface area contributed by atoms with Crippen molar-refractivity contribution in [3.8, 4) is 78.4 Å². The lowest BCUT2D eigenvalue weighted by Crippen LogP contribution is -2.01. The van der Waals surface area contributed by atoms with Crippen molar-refractivity contribution >= 4 is 6.08 Å². The van der Waals surface area contributed by atoms with Crippen LogP contribution in [0.3, 0.4) is 0 Å². The molecule has 0 N–H and O–H groups in total. The van der Waals surface area contributed by atoms with Crippen LogP contribution in [0.5, 0.6) is 0 Å². The summed E-state index contributed by atoms with van der Waals surface area (Å²) in [6.45, 7) is 3.96. The summed E-state index contributed by atoms with van der Waals surface area (Å²) in [5.74, 6) is 0. The average molecular weight is 639 g/mol. The minimum atomic E-state index is 0.833. The number of hydrogen-bond donors (Lipinski definition) is 0. The molecule has 1 heterocycles. The van der Waals surface area contributed by atoms with Crippen LogP contribution in [0.1, 0.15) is 5.56 Å². The molecule has 2 nitrogen and oxygen atoms in total. The average Bonchev–Trinajstić information content (AvgIpc) is 3.21. The van der Waals surface area contributed by atoms with Crippen LogP contribution in [0.4, 0.5) is 0 Å². The molecule has 0 saturated heterocycles. The summed E-state index contributed by atoms with van der Waals surface area (Å²) in [6.07, 6.45) is 1.86. The maximum atomic E-state index is 5.51. The molecule has 50 heavy (non-hydrogen) atoms. The molecule has 8 aromatic rings. The first-order valence-electron chi connectivity index (χ1n) is 16.9. The second-order valence-electron chi connectivity index (χ2n) is 12.3. The Morgan fingerprint density at radius 1 is 0.260 bits per heavy atom. The van der Waals surface area contributed by atoms with Gasteiger partial charge < -0.3 is 0 Å². The number of nitrogens with zero attached hydrogens (tertiary/aromatic N) is 2. The predicted molar refractivity (Wildman–Crippen MR) is 210 cm³/mol. The van der Waals surface area contributed by atoms with Crippen LogP contribution >= 0.6 is 0 Å². The minimum Gasteiger partial charge on any atom is -0.243 e. The number of aromatic nitrogens is 2. The van der Waals surface area contributed by atoms with E-state index >= 15 is 0 Å². The van der Waals surface area contributed by atoms with Crippen LogP contribution in [0.25, 0.3) is 84.5 Å². The van der Waals surface area contributed by atoms with E-state index in [-0.39, 0.29) is 0 Å². The monoisotopic (exact) mass is 638 g/mol. The fourth-order valence-electron chi connectivity index (χ4n) is 6.37. The Hall–Kier alpha value is -6.64. The molecular formula is C48H34N2. The molecule has 0 saturated carbocycles. The van der Waals surface area contributed by atoms with Crippen LogP contribution in [-0.4, -0.2) is 9.97 Å². The first-order valence-corrected chi connectivity index (χ1v) is 16.9. The summed E-state index contributed by atoms with van der Waals surface area (Å²) in [6, 6.07) is 65.7. The lowest BCUT2D eigenvalue weighted by molar-refractivity contribution is 1.21. The van der Waals surface area contributed by atoms with E-state index in [0.717, 1.165) is 67.3 Å². The smallest absolute Gasteiger partial charge is 0.0973 e. The third kappa shape index (κ3) is 6.31. The van der Waals surface area contributed by atoms with Crippen LogP contribution < -0.4 is 0 Å². The molecule has 0 atom stereocenters. The molecule has 0 fully saturated rings. The SMILES string of the molecule is C=Cc1ccc(-c2nc(-c3ccc(-c4ccccc4)cc3)c(-c3ccc(-c4ccccc4)cc3)nc2-c2ccc(-c3ccccc3)cc2)cc1. The third-order valence-corrected chi connectivity index (χ3v) is 9.11. The first kappa shape index (κ1) is 30.7. The molecule has 0 radical (unpaired) electrons. The minimum absolute atomic E-state index is 0.833. The second-order valence-corrected chi connectivity index (χ2v) is 12.3. The Balaban J connectivity index is 1.32. The van der Waals surface area contributed by atoms with Gasteiger partial charge in [-0.3, -0.25) is 0 Å². The molecule has 1 aromatic heterocycles. The van der Waals surface area contributed by atoms with Gasteiger partial charge in [0.05, 0.1) is 22.8 Å². The molecule has 0 spiro atoms. The van der Waals surface area contributed by atoms with Gasteiger partial charge >= 0.3 is 0 Å². The summed E-state index contributed by atoms with van der Waals surface area (Å²) >= 11 is 0. The molecule has 236 valence electrons. The highest BCUT2D eigenvalue weighted by atomic mass is 14.9. The summed E-state index contributed by atoms with van der Waals surface area (Å²) < 4.78 is 0. The van der Waals surface area contributed by atoms with E-state index in [9.17, 15) is 0 Å². The van der Waals surface area contributed by atoms with Gasteiger partial charge in [-0.25, -0.2) is 9.97 Å². The van der Waals surface area contributed by atoms with E-state index in [1.807, 2.05) is 24.3 Å².